The Balaban J connectivity index is 1.74. The van der Waals surface area contributed by atoms with Crippen molar-refractivity contribution in [3.63, 3.8) is 0 Å². The van der Waals surface area contributed by atoms with Crippen LogP contribution in [0.2, 0.25) is 0 Å². The first-order chi connectivity index (χ1) is 11.2. The molecular formula is C16H18N2O4S. The molecule has 0 saturated carbocycles. The fraction of sp³-hybridized carbons (Fsp3) is 0.250. The molecule has 0 saturated heterocycles. The van der Waals surface area contributed by atoms with Crippen LogP contribution in [0.5, 0.6) is 11.5 Å². The van der Waals surface area contributed by atoms with Gasteiger partial charge in [-0.05, 0) is 30.5 Å². The van der Waals surface area contributed by atoms with Gasteiger partial charge in [-0.15, -0.1) is 11.3 Å². The van der Waals surface area contributed by atoms with Gasteiger partial charge in [-0.3, -0.25) is 20.4 Å². The second-order valence-corrected chi connectivity index (χ2v) is 5.55. The van der Waals surface area contributed by atoms with E-state index in [9.17, 15) is 9.59 Å². The second-order valence-electron chi connectivity index (χ2n) is 4.52. The Kier molecular flexibility index (Phi) is 6.43. The molecule has 2 amide bonds. The number of benzene rings is 1. The van der Waals surface area contributed by atoms with Crippen molar-refractivity contribution in [2.75, 3.05) is 13.2 Å². The van der Waals surface area contributed by atoms with E-state index in [0.717, 1.165) is 4.88 Å². The molecule has 23 heavy (non-hydrogen) atoms. The maximum atomic E-state index is 11.7. The summed E-state index contributed by atoms with van der Waals surface area (Å²) >= 11 is 1.49. The van der Waals surface area contributed by atoms with E-state index in [2.05, 4.69) is 10.9 Å². The summed E-state index contributed by atoms with van der Waals surface area (Å²) in [5.41, 5.74) is 4.67. The first kappa shape index (κ1) is 16.8. The second kappa shape index (κ2) is 8.79. The van der Waals surface area contributed by atoms with Gasteiger partial charge in [-0.25, -0.2) is 0 Å². The molecular weight excluding hydrogens is 316 g/mol. The van der Waals surface area contributed by atoms with Crippen LogP contribution in [0.3, 0.4) is 0 Å². The molecule has 122 valence electrons. The van der Waals surface area contributed by atoms with E-state index in [1.54, 1.807) is 18.2 Å². The Hall–Kier alpha value is -2.54. The highest BCUT2D eigenvalue weighted by atomic mass is 32.1. The number of nitrogens with one attached hydrogen (secondary N) is 2. The van der Waals surface area contributed by atoms with Crippen LogP contribution in [0.1, 0.15) is 11.8 Å². The van der Waals surface area contributed by atoms with Gasteiger partial charge >= 0.3 is 0 Å². The molecule has 0 bridgehead atoms. The predicted octanol–water partition coefficient (Wildman–Crippen LogP) is 1.92. The lowest BCUT2D eigenvalue weighted by Crippen LogP contribution is -2.44. The molecule has 0 aliphatic rings. The Morgan fingerprint density at radius 2 is 1.70 bits per heavy atom. The Morgan fingerprint density at radius 3 is 2.35 bits per heavy atom. The topological polar surface area (TPSA) is 76.7 Å². The van der Waals surface area contributed by atoms with E-state index in [1.807, 2.05) is 30.5 Å². The molecule has 1 heterocycles. The lowest BCUT2D eigenvalue weighted by Gasteiger charge is -2.11. The number of para-hydroxylation sites is 2. The van der Waals surface area contributed by atoms with E-state index >= 15 is 0 Å². The van der Waals surface area contributed by atoms with Gasteiger partial charge in [0.2, 0.25) is 5.91 Å². The van der Waals surface area contributed by atoms with Gasteiger partial charge in [0.15, 0.2) is 18.1 Å². The highest BCUT2D eigenvalue weighted by Crippen LogP contribution is 2.26. The maximum absolute atomic E-state index is 11.7. The van der Waals surface area contributed by atoms with Crippen molar-refractivity contribution in [3.05, 3.63) is 46.7 Å². The molecule has 7 heteroatoms. The quantitative estimate of drug-likeness (QED) is 0.759. The zero-order valence-electron chi connectivity index (χ0n) is 12.7. The number of ether oxygens (including phenoxy) is 2. The summed E-state index contributed by atoms with van der Waals surface area (Å²) in [6.07, 6.45) is 0.228. The fourth-order valence-electron chi connectivity index (χ4n) is 1.78. The molecule has 0 spiro atoms. The molecule has 0 aliphatic carbocycles. The summed E-state index contributed by atoms with van der Waals surface area (Å²) in [7, 11) is 0. The number of amides is 2. The van der Waals surface area contributed by atoms with Gasteiger partial charge in [0.1, 0.15) is 0 Å². The van der Waals surface area contributed by atoms with Gasteiger partial charge in [-0.2, -0.15) is 0 Å². The number of hydrogen-bond donors (Lipinski definition) is 2. The van der Waals surface area contributed by atoms with Gasteiger partial charge in [0, 0.05) is 4.88 Å². The Morgan fingerprint density at radius 1 is 1.00 bits per heavy atom. The van der Waals surface area contributed by atoms with E-state index in [1.165, 1.54) is 11.3 Å². The first-order valence-corrected chi connectivity index (χ1v) is 8.01. The average molecular weight is 334 g/mol. The van der Waals surface area contributed by atoms with Crippen LogP contribution < -0.4 is 20.3 Å². The SMILES string of the molecule is CCOc1ccccc1OCC(=O)NNC(=O)Cc1cccs1. The third-order valence-corrected chi connectivity index (χ3v) is 3.64. The van der Waals surface area contributed by atoms with Crippen LogP contribution in [-0.2, 0) is 16.0 Å². The first-order valence-electron chi connectivity index (χ1n) is 7.13. The van der Waals surface area contributed by atoms with Crippen molar-refractivity contribution in [2.24, 2.45) is 0 Å². The minimum atomic E-state index is -0.448. The van der Waals surface area contributed by atoms with Crippen molar-refractivity contribution >= 4 is 23.2 Å². The standard InChI is InChI=1S/C16H18N2O4S/c1-2-21-13-7-3-4-8-14(13)22-11-16(20)18-17-15(19)10-12-6-5-9-23-12/h3-9H,2,10-11H2,1H3,(H,17,19)(H,18,20). The van der Waals surface area contributed by atoms with Crippen LogP contribution in [0.15, 0.2) is 41.8 Å². The molecule has 6 nitrogen and oxygen atoms in total. The largest absolute Gasteiger partial charge is 0.490 e. The lowest BCUT2D eigenvalue weighted by atomic mass is 10.3. The molecule has 0 fully saturated rings. The fourth-order valence-corrected chi connectivity index (χ4v) is 2.48. The highest BCUT2D eigenvalue weighted by Gasteiger charge is 2.09. The monoisotopic (exact) mass is 334 g/mol. The van der Waals surface area contributed by atoms with Crippen molar-refractivity contribution < 1.29 is 19.1 Å². The third kappa shape index (κ3) is 5.63. The van der Waals surface area contributed by atoms with Crippen molar-refractivity contribution in [3.8, 4) is 11.5 Å². The van der Waals surface area contributed by atoms with Crippen molar-refractivity contribution in [2.45, 2.75) is 13.3 Å². The summed E-state index contributed by atoms with van der Waals surface area (Å²) in [6, 6.07) is 10.8. The minimum absolute atomic E-state index is 0.219. The van der Waals surface area contributed by atoms with E-state index in [4.69, 9.17) is 9.47 Å². The van der Waals surface area contributed by atoms with Crippen LogP contribution in [0, 0.1) is 0 Å². The smallest absolute Gasteiger partial charge is 0.276 e. The summed E-state index contributed by atoms with van der Waals surface area (Å²) in [5.74, 6) is 0.324. The molecule has 0 aliphatic heterocycles. The molecule has 2 rings (SSSR count). The Bertz CT molecular complexity index is 643. The number of carbonyl (C=O) groups excluding carboxylic acids is 2. The zero-order chi connectivity index (χ0) is 16.5. The van der Waals surface area contributed by atoms with Crippen molar-refractivity contribution in [1.82, 2.24) is 10.9 Å². The summed E-state index contributed by atoms with van der Waals surface area (Å²) in [5, 5.41) is 1.89. The van der Waals surface area contributed by atoms with Crippen molar-refractivity contribution in [1.29, 1.82) is 0 Å². The normalized spacial score (nSPS) is 9.96. The number of thiophene rings is 1. The molecule has 0 unspecified atom stereocenters. The number of hydrazine groups is 1. The van der Waals surface area contributed by atoms with Crippen LogP contribution in [-0.4, -0.2) is 25.0 Å². The van der Waals surface area contributed by atoms with Gasteiger partial charge < -0.3 is 9.47 Å². The maximum Gasteiger partial charge on any atom is 0.276 e. The predicted molar refractivity (Wildman–Crippen MR) is 87.4 cm³/mol. The molecule has 1 aromatic heterocycles. The molecule has 1 aromatic carbocycles. The van der Waals surface area contributed by atoms with Crippen LogP contribution in [0.25, 0.3) is 0 Å². The number of hydrogen-bond acceptors (Lipinski definition) is 5. The summed E-state index contributed by atoms with van der Waals surface area (Å²) in [4.78, 5) is 24.3. The summed E-state index contributed by atoms with van der Waals surface area (Å²) < 4.78 is 10.8. The van der Waals surface area contributed by atoms with Gasteiger partial charge in [-0.1, -0.05) is 18.2 Å². The molecule has 2 aromatic rings. The third-order valence-electron chi connectivity index (χ3n) is 2.76. The Labute approximate surface area is 138 Å². The van der Waals surface area contributed by atoms with Crippen LogP contribution in [0.4, 0.5) is 0 Å². The van der Waals surface area contributed by atoms with E-state index < -0.39 is 5.91 Å². The van der Waals surface area contributed by atoms with Gasteiger partial charge in [0.25, 0.3) is 5.91 Å². The van der Waals surface area contributed by atoms with Crippen LogP contribution >= 0.6 is 11.3 Å². The molecule has 0 atom stereocenters. The van der Waals surface area contributed by atoms with E-state index in [0.29, 0.717) is 18.1 Å². The molecule has 2 N–H and O–H groups in total. The zero-order valence-corrected chi connectivity index (χ0v) is 13.5. The van der Waals surface area contributed by atoms with Gasteiger partial charge in [0.05, 0.1) is 13.0 Å². The highest BCUT2D eigenvalue weighted by molar-refractivity contribution is 7.10. The minimum Gasteiger partial charge on any atom is -0.490 e. The average Bonchev–Trinajstić information content (AvgIpc) is 3.05. The summed E-state index contributed by atoms with van der Waals surface area (Å²) in [6.45, 7) is 2.15. The lowest BCUT2D eigenvalue weighted by molar-refractivity contribution is -0.129. The number of carbonyl (C=O) groups is 2. The molecule has 0 radical (unpaired) electrons. The number of rotatable bonds is 7. The van der Waals surface area contributed by atoms with E-state index in [-0.39, 0.29) is 18.9 Å².